The van der Waals surface area contributed by atoms with E-state index in [1.807, 2.05) is 0 Å². The maximum atomic E-state index is 3.58. The van der Waals surface area contributed by atoms with Gasteiger partial charge in [0.05, 0.1) is 0 Å². The van der Waals surface area contributed by atoms with Gasteiger partial charge in [0.15, 0.2) is 0 Å². The molecule has 0 aliphatic carbocycles. The molecule has 1 N–H and O–H groups in total. The molecule has 0 saturated carbocycles. The standard InChI is InChI=1S/C17H27N/c1-13(2)11-17(4)8-9-18-12-16(17)15-7-5-6-14(3)10-15/h5-7,10,13,16,18H,8-9,11-12H2,1-4H3. The van der Waals surface area contributed by atoms with Crippen molar-refractivity contribution in [1.82, 2.24) is 5.32 Å². The van der Waals surface area contributed by atoms with Crippen LogP contribution in [0.1, 0.15) is 50.7 Å². The molecule has 1 aromatic carbocycles. The molecule has 0 aromatic heterocycles. The van der Waals surface area contributed by atoms with Gasteiger partial charge in [0, 0.05) is 12.5 Å². The van der Waals surface area contributed by atoms with Gasteiger partial charge in [0.1, 0.15) is 0 Å². The summed E-state index contributed by atoms with van der Waals surface area (Å²) in [5, 5.41) is 3.58. The topological polar surface area (TPSA) is 12.0 Å². The highest BCUT2D eigenvalue weighted by Gasteiger charge is 2.37. The lowest BCUT2D eigenvalue weighted by Gasteiger charge is -2.43. The molecule has 1 fully saturated rings. The third-order valence-corrected chi connectivity index (χ3v) is 4.38. The van der Waals surface area contributed by atoms with Gasteiger partial charge in [-0.05, 0) is 43.2 Å². The van der Waals surface area contributed by atoms with Crippen molar-refractivity contribution in [3.05, 3.63) is 35.4 Å². The van der Waals surface area contributed by atoms with Crippen molar-refractivity contribution in [2.24, 2.45) is 11.3 Å². The Hall–Kier alpha value is -0.820. The summed E-state index contributed by atoms with van der Waals surface area (Å²) in [6.07, 6.45) is 2.62. The number of aryl methyl sites for hydroxylation is 1. The second-order valence-electron chi connectivity index (χ2n) is 6.67. The molecule has 1 saturated heterocycles. The Labute approximate surface area is 112 Å². The zero-order valence-corrected chi connectivity index (χ0v) is 12.3. The van der Waals surface area contributed by atoms with E-state index < -0.39 is 0 Å². The monoisotopic (exact) mass is 245 g/mol. The minimum absolute atomic E-state index is 0.452. The Morgan fingerprint density at radius 3 is 2.83 bits per heavy atom. The van der Waals surface area contributed by atoms with Crippen LogP contribution in [0, 0.1) is 18.3 Å². The molecule has 1 nitrogen and oxygen atoms in total. The molecule has 1 aliphatic heterocycles. The second-order valence-corrected chi connectivity index (χ2v) is 6.67. The number of piperidine rings is 1. The van der Waals surface area contributed by atoms with Crippen LogP contribution in [0.25, 0.3) is 0 Å². The summed E-state index contributed by atoms with van der Waals surface area (Å²) in [7, 11) is 0. The summed E-state index contributed by atoms with van der Waals surface area (Å²) >= 11 is 0. The van der Waals surface area contributed by atoms with E-state index in [1.165, 1.54) is 30.5 Å². The molecule has 0 spiro atoms. The van der Waals surface area contributed by atoms with Crippen LogP contribution in [0.5, 0.6) is 0 Å². The lowest BCUT2D eigenvalue weighted by molar-refractivity contribution is 0.151. The number of rotatable bonds is 3. The van der Waals surface area contributed by atoms with Gasteiger partial charge in [-0.2, -0.15) is 0 Å². The zero-order chi connectivity index (χ0) is 13.2. The van der Waals surface area contributed by atoms with E-state index in [0.717, 1.165) is 12.5 Å². The number of benzene rings is 1. The first-order valence-corrected chi connectivity index (χ1v) is 7.28. The first kappa shape index (κ1) is 13.6. The smallest absolute Gasteiger partial charge is 0.00254 e. The SMILES string of the molecule is Cc1cccc(C2CNCCC2(C)CC(C)C)c1. The molecule has 2 rings (SSSR count). The predicted molar refractivity (Wildman–Crippen MR) is 79.0 cm³/mol. The van der Waals surface area contributed by atoms with Gasteiger partial charge in [-0.25, -0.2) is 0 Å². The van der Waals surface area contributed by atoms with Gasteiger partial charge in [-0.15, -0.1) is 0 Å². The quantitative estimate of drug-likeness (QED) is 0.844. The lowest BCUT2D eigenvalue weighted by atomic mass is 9.65. The predicted octanol–water partition coefficient (Wildman–Crippen LogP) is 4.12. The van der Waals surface area contributed by atoms with Crippen molar-refractivity contribution in [3.8, 4) is 0 Å². The molecule has 0 radical (unpaired) electrons. The van der Waals surface area contributed by atoms with Crippen LogP contribution >= 0.6 is 0 Å². The van der Waals surface area contributed by atoms with Crippen LogP contribution < -0.4 is 5.32 Å². The Kier molecular flexibility index (Phi) is 4.11. The highest BCUT2D eigenvalue weighted by atomic mass is 14.9. The fourth-order valence-corrected chi connectivity index (χ4v) is 3.63. The molecule has 1 heteroatoms. The normalized spacial score (nSPS) is 28.6. The van der Waals surface area contributed by atoms with Crippen LogP contribution in [0.15, 0.2) is 24.3 Å². The van der Waals surface area contributed by atoms with Crippen LogP contribution in [0.4, 0.5) is 0 Å². The van der Waals surface area contributed by atoms with E-state index in [-0.39, 0.29) is 0 Å². The molecular weight excluding hydrogens is 218 g/mol. The van der Waals surface area contributed by atoms with Gasteiger partial charge >= 0.3 is 0 Å². The van der Waals surface area contributed by atoms with Crippen LogP contribution in [-0.2, 0) is 0 Å². The molecular formula is C17H27N. The van der Waals surface area contributed by atoms with Crippen LogP contribution in [0.2, 0.25) is 0 Å². The summed E-state index contributed by atoms with van der Waals surface area (Å²) < 4.78 is 0. The van der Waals surface area contributed by atoms with E-state index in [4.69, 9.17) is 0 Å². The average molecular weight is 245 g/mol. The van der Waals surface area contributed by atoms with Gasteiger partial charge in [0.2, 0.25) is 0 Å². The Morgan fingerprint density at radius 2 is 2.17 bits per heavy atom. The summed E-state index contributed by atoms with van der Waals surface area (Å²) in [5.74, 6) is 1.44. The fourth-order valence-electron chi connectivity index (χ4n) is 3.63. The maximum Gasteiger partial charge on any atom is 0.00254 e. The third kappa shape index (κ3) is 2.95. The van der Waals surface area contributed by atoms with E-state index in [9.17, 15) is 0 Å². The Bertz CT molecular complexity index is 396. The average Bonchev–Trinajstić information content (AvgIpc) is 2.27. The number of hydrogen-bond donors (Lipinski definition) is 1. The molecule has 2 atom stereocenters. The molecule has 2 unspecified atom stereocenters. The van der Waals surface area contributed by atoms with Gasteiger partial charge in [-0.1, -0.05) is 50.6 Å². The van der Waals surface area contributed by atoms with Crippen molar-refractivity contribution in [3.63, 3.8) is 0 Å². The molecule has 1 heterocycles. The highest BCUT2D eigenvalue weighted by molar-refractivity contribution is 5.28. The summed E-state index contributed by atoms with van der Waals surface area (Å²) in [6, 6.07) is 9.08. The second kappa shape index (κ2) is 5.44. The van der Waals surface area contributed by atoms with Crippen LogP contribution in [-0.4, -0.2) is 13.1 Å². The molecule has 0 amide bonds. The molecule has 100 valence electrons. The number of hydrogen-bond acceptors (Lipinski definition) is 1. The van der Waals surface area contributed by atoms with Gasteiger partial charge < -0.3 is 5.32 Å². The minimum atomic E-state index is 0.452. The Morgan fingerprint density at radius 1 is 1.39 bits per heavy atom. The molecule has 0 bridgehead atoms. The van der Waals surface area contributed by atoms with E-state index in [0.29, 0.717) is 11.3 Å². The van der Waals surface area contributed by atoms with Crippen molar-refractivity contribution in [1.29, 1.82) is 0 Å². The Balaban J connectivity index is 2.27. The minimum Gasteiger partial charge on any atom is -0.316 e. The number of nitrogens with one attached hydrogen (secondary N) is 1. The van der Waals surface area contributed by atoms with Gasteiger partial charge in [0.25, 0.3) is 0 Å². The zero-order valence-electron chi connectivity index (χ0n) is 12.3. The van der Waals surface area contributed by atoms with E-state index in [1.54, 1.807) is 0 Å². The molecule has 18 heavy (non-hydrogen) atoms. The summed E-state index contributed by atoms with van der Waals surface area (Å²) in [5.41, 5.74) is 3.35. The lowest BCUT2D eigenvalue weighted by Crippen LogP contribution is -2.42. The van der Waals surface area contributed by atoms with E-state index in [2.05, 4.69) is 57.3 Å². The summed E-state index contributed by atoms with van der Waals surface area (Å²) in [6.45, 7) is 11.7. The van der Waals surface area contributed by atoms with Crippen molar-refractivity contribution in [2.75, 3.05) is 13.1 Å². The van der Waals surface area contributed by atoms with Crippen molar-refractivity contribution >= 4 is 0 Å². The molecule has 1 aliphatic rings. The fraction of sp³-hybridized carbons (Fsp3) is 0.647. The molecule has 1 aromatic rings. The largest absolute Gasteiger partial charge is 0.316 e. The summed E-state index contributed by atoms with van der Waals surface area (Å²) in [4.78, 5) is 0. The highest BCUT2D eigenvalue weighted by Crippen LogP contribution is 2.45. The third-order valence-electron chi connectivity index (χ3n) is 4.38. The first-order chi connectivity index (χ1) is 8.51. The van der Waals surface area contributed by atoms with E-state index >= 15 is 0 Å². The maximum absolute atomic E-state index is 3.58. The first-order valence-electron chi connectivity index (χ1n) is 7.28. The van der Waals surface area contributed by atoms with Gasteiger partial charge in [-0.3, -0.25) is 0 Å². The van der Waals surface area contributed by atoms with Crippen molar-refractivity contribution < 1.29 is 0 Å². The van der Waals surface area contributed by atoms with Crippen LogP contribution in [0.3, 0.4) is 0 Å². The van der Waals surface area contributed by atoms with Crippen molar-refractivity contribution in [2.45, 2.75) is 46.5 Å².